The van der Waals surface area contributed by atoms with Crippen molar-refractivity contribution in [2.75, 3.05) is 0 Å². The van der Waals surface area contributed by atoms with E-state index in [4.69, 9.17) is 16.3 Å². The van der Waals surface area contributed by atoms with Gasteiger partial charge in [0.25, 0.3) is 0 Å². The van der Waals surface area contributed by atoms with Gasteiger partial charge in [0, 0.05) is 17.1 Å². The number of fused-ring (bicyclic) bond motifs is 1. The Morgan fingerprint density at radius 2 is 1.87 bits per heavy atom. The summed E-state index contributed by atoms with van der Waals surface area (Å²) in [7, 11) is 0. The second kappa shape index (κ2) is 5.70. The Morgan fingerprint density at radius 1 is 1.13 bits per heavy atom. The summed E-state index contributed by atoms with van der Waals surface area (Å²) in [6.07, 6.45) is 1.33. The monoisotopic (exact) mass is 328 g/mol. The summed E-state index contributed by atoms with van der Waals surface area (Å²) >= 11 is 5.99. The van der Waals surface area contributed by atoms with Crippen LogP contribution in [0, 0.1) is 0 Å². The molecular weight excluding hydrogens is 312 g/mol. The summed E-state index contributed by atoms with van der Waals surface area (Å²) in [5.74, 6) is 0. The molecule has 0 atom stereocenters. The van der Waals surface area contributed by atoms with Crippen LogP contribution in [0.3, 0.4) is 0 Å². The molecule has 0 aliphatic carbocycles. The van der Waals surface area contributed by atoms with Crippen molar-refractivity contribution < 1.29 is 9.53 Å². The molecular formula is C18H17ClN2O2. The summed E-state index contributed by atoms with van der Waals surface area (Å²) in [5, 5.41) is 1.34. The average Bonchev–Trinajstić information content (AvgIpc) is 2.85. The maximum absolute atomic E-state index is 12.5. The predicted molar refractivity (Wildman–Crippen MR) is 91.8 cm³/mol. The zero-order chi connectivity index (χ0) is 16.6. The van der Waals surface area contributed by atoms with Crippen molar-refractivity contribution in [2.45, 2.75) is 26.4 Å². The first-order valence-electron chi connectivity index (χ1n) is 7.31. The van der Waals surface area contributed by atoms with E-state index in [1.54, 1.807) is 12.3 Å². The number of hydrogen-bond donors (Lipinski definition) is 0. The van der Waals surface area contributed by atoms with Crippen LogP contribution in [0.15, 0.2) is 48.7 Å². The van der Waals surface area contributed by atoms with Crippen molar-refractivity contribution in [2.24, 2.45) is 0 Å². The zero-order valence-corrected chi connectivity index (χ0v) is 14.0. The van der Waals surface area contributed by atoms with E-state index < -0.39 is 11.7 Å². The fourth-order valence-corrected chi connectivity index (χ4v) is 2.57. The number of carbonyl (C=O) groups excluding carboxylic acids is 1. The second-order valence-electron chi connectivity index (χ2n) is 6.26. The lowest BCUT2D eigenvalue weighted by Gasteiger charge is -2.19. The summed E-state index contributed by atoms with van der Waals surface area (Å²) in [4.78, 5) is 16.8. The van der Waals surface area contributed by atoms with Crippen LogP contribution in [0.2, 0.25) is 5.15 Å². The van der Waals surface area contributed by atoms with E-state index in [0.717, 1.165) is 22.2 Å². The van der Waals surface area contributed by atoms with Crippen LogP contribution >= 0.6 is 11.6 Å². The van der Waals surface area contributed by atoms with Gasteiger partial charge in [-0.25, -0.2) is 9.78 Å². The molecule has 3 rings (SSSR count). The zero-order valence-electron chi connectivity index (χ0n) is 13.2. The smallest absolute Gasteiger partial charge is 0.419 e. The van der Waals surface area contributed by atoms with E-state index in [2.05, 4.69) is 4.98 Å². The van der Waals surface area contributed by atoms with Crippen LogP contribution in [-0.4, -0.2) is 21.2 Å². The van der Waals surface area contributed by atoms with Crippen molar-refractivity contribution in [1.82, 2.24) is 9.55 Å². The van der Waals surface area contributed by atoms with Crippen LogP contribution in [-0.2, 0) is 4.74 Å². The molecule has 118 valence electrons. The Bertz CT molecular complexity index is 878. The molecule has 3 aromatic rings. The van der Waals surface area contributed by atoms with E-state index in [0.29, 0.717) is 5.15 Å². The quantitative estimate of drug-likeness (QED) is 0.581. The molecule has 0 bridgehead atoms. The van der Waals surface area contributed by atoms with E-state index >= 15 is 0 Å². The van der Waals surface area contributed by atoms with Crippen LogP contribution < -0.4 is 0 Å². The Morgan fingerprint density at radius 3 is 2.57 bits per heavy atom. The molecule has 0 radical (unpaired) electrons. The molecule has 5 heteroatoms. The molecule has 0 aliphatic rings. The van der Waals surface area contributed by atoms with E-state index in [-0.39, 0.29) is 0 Å². The van der Waals surface area contributed by atoms with Crippen molar-refractivity contribution in [3.8, 4) is 11.3 Å². The fourth-order valence-electron chi connectivity index (χ4n) is 2.40. The highest BCUT2D eigenvalue weighted by molar-refractivity contribution is 6.29. The Labute approximate surface area is 139 Å². The third kappa shape index (κ3) is 3.22. The largest absolute Gasteiger partial charge is 0.443 e. The van der Waals surface area contributed by atoms with Crippen molar-refractivity contribution in [3.05, 3.63) is 53.8 Å². The molecule has 0 N–H and O–H groups in total. The maximum atomic E-state index is 12.5. The van der Waals surface area contributed by atoms with Crippen molar-refractivity contribution >= 4 is 28.6 Å². The number of rotatable bonds is 1. The molecule has 0 aliphatic heterocycles. The summed E-state index contributed by atoms with van der Waals surface area (Å²) in [6.45, 7) is 5.53. The van der Waals surface area contributed by atoms with Gasteiger partial charge in [-0.1, -0.05) is 35.9 Å². The SMILES string of the molecule is CC(C)(C)OC(=O)n1cc(-c2cccc(Cl)n2)c2ccccc21. The van der Waals surface area contributed by atoms with Crippen molar-refractivity contribution in [3.63, 3.8) is 0 Å². The standard InChI is InChI=1S/C18H17ClN2O2/c1-18(2,3)23-17(22)21-11-13(12-7-4-5-9-15(12)21)14-8-6-10-16(19)20-14/h4-11H,1-3H3. The number of hydrogen-bond acceptors (Lipinski definition) is 3. The topological polar surface area (TPSA) is 44.1 Å². The second-order valence-corrected chi connectivity index (χ2v) is 6.64. The Balaban J connectivity index is 2.16. The fraction of sp³-hybridized carbons (Fsp3) is 0.222. The molecule has 1 aromatic carbocycles. The van der Waals surface area contributed by atoms with Crippen LogP contribution in [0.25, 0.3) is 22.2 Å². The van der Waals surface area contributed by atoms with Gasteiger partial charge in [0.2, 0.25) is 0 Å². The highest BCUT2D eigenvalue weighted by Crippen LogP contribution is 2.30. The summed E-state index contributed by atoms with van der Waals surface area (Å²) in [6, 6.07) is 13.1. The minimum atomic E-state index is -0.559. The van der Waals surface area contributed by atoms with E-state index in [9.17, 15) is 4.79 Å². The molecule has 0 saturated carbocycles. The number of pyridine rings is 1. The molecule has 0 amide bonds. The lowest BCUT2D eigenvalue weighted by Crippen LogP contribution is -2.26. The van der Waals surface area contributed by atoms with Crippen LogP contribution in [0.1, 0.15) is 20.8 Å². The molecule has 0 spiro atoms. The van der Waals surface area contributed by atoms with Gasteiger partial charge in [-0.15, -0.1) is 0 Å². The highest BCUT2D eigenvalue weighted by Gasteiger charge is 2.21. The van der Waals surface area contributed by atoms with Gasteiger partial charge in [-0.3, -0.25) is 4.57 Å². The first-order valence-corrected chi connectivity index (χ1v) is 7.69. The third-order valence-corrected chi connectivity index (χ3v) is 3.50. The third-order valence-electron chi connectivity index (χ3n) is 3.29. The minimum Gasteiger partial charge on any atom is -0.443 e. The summed E-state index contributed by atoms with van der Waals surface area (Å²) in [5.41, 5.74) is 1.78. The van der Waals surface area contributed by atoms with Gasteiger partial charge >= 0.3 is 6.09 Å². The van der Waals surface area contributed by atoms with Gasteiger partial charge in [0.05, 0.1) is 11.2 Å². The van der Waals surface area contributed by atoms with Gasteiger partial charge in [0.15, 0.2) is 0 Å². The first-order chi connectivity index (χ1) is 10.8. The number of benzene rings is 1. The van der Waals surface area contributed by atoms with E-state index in [1.807, 2.05) is 57.2 Å². The van der Waals surface area contributed by atoms with Gasteiger partial charge in [-0.2, -0.15) is 0 Å². The van der Waals surface area contributed by atoms with Crippen LogP contribution in [0.5, 0.6) is 0 Å². The lowest BCUT2D eigenvalue weighted by molar-refractivity contribution is 0.0544. The Kier molecular flexibility index (Phi) is 3.86. The van der Waals surface area contributed by atoms with Gasteiger partial charge < -0.3 is 4.74 Å². The molecule has 23 heavy (non-hydrogen) atoms. The minimum absolute atomic E-state index is 0.414. The first kappa shape index (κ1) is 15.6. The number of halogens is 1. The average molecular weight is 329 g/mol. The number of nitrogens with zero attached hydrogens (tertiary/aromatic N) is 2. The molecule has 2 aromatic heterocycles. The summed E-state index contributed by atoms with van der Waals surface area (Å²) < 4.78 is 6.99. The number of para-hydroxylation sites is 1. The molecule has 4 nitrogen and oxygen atoms in total. The molecule has 2 heterocycles. The van der Waals surface area contributed by atoms with E-state index in [1.165, 1.54) is 4.57 Å². The Hall–Kier alpha value is -2.33. The normalized spacial score (nSPS) is 11.7. The molecule has 0 unspecified atom stereocenters. The molecule has 0 saturated heterocycles. The van der Waals surface area contributed by atoms with Gasteiger partial charge in [-0.05, 0) is 39.0 Å². The predicted octanol–water partition coefficient (Wildman–Crippen LogP) is 5.14. The number of ether oxygens (including phenoxy) is 1. The number of aromatic nitrogens is 2. The lowest BCUT2D eigenvalue weighted by atomic mass is 10.1. The van der Waals surface area contributed by atoms with Crippen LogP contribution in [0.4, 0.5) is 4.79 Å². The maximum Gasteiger partial charge on any atom is 0.419 e. The van der Waals surface area contributed by atoms with Crippen molar-refractivity contribution in [1.29, 1.82) is 0 Å². The number of carbonyl (C=O) groups is 1. The highest BCUT2D eigenvalue weighted by atomic mass is 35.5. The van der Waals surface area contributed by atoms with Gasteiger partial charge in [0.1, 0.15) is 10.8 Å². The molecule has 0 fully saturated rings.